The lowest BCUT2D eigenvalue weighted by Crippen LogP contribution is -2.04. The first-order valence-electron chi connectivity index (χ1n) is 6.71. The van der Waals surface area contributed by atoms with Crippen molar-refractivity contribution < 1.29 is 19.4 Å². The minimum Gasteiger partial charge on any atom is -0.496 e. The summed E-state index contributed by atoms with van der Waals surface area (Å²) in [5, 5.41) is 13.3. The third-order valence-corrected chi connectivity index (χ3v) is 3.53. The van der Waals surface area contributed by atoms with E-state index in [1.54, 1.807) is 29.9 Å². The third-order valence-electron chi connectivity index (χ3n) is 3.24. The highest BCUT2D eigenvalue weighted by atomic mass is 35.5. The molecular weight excluding hydrogens is 320 g/mol. The van der Waals surface area contributed by atoms with Gasteiger partial charge in [0.1, 0.15) is 5.75 Å². The Labute approximate surface area is 137 Å². The Bertz CT molecular complexity index is 761. The van der Waals surface area contributed by atoms with Gasteiger partial charge >= 0.3 is 5.97 Å². The van der Waals surface area contributed by atoms with Crippen molar-refractivity contribution in [2.75, 3.05) is 7.11 Å². The van der Waals surface area contributed by atoms with Gasteiger partial charge < -0.3 is 9.84 Å². The summed E-state index contributed by atoms with van der Waals surface area (Å²) < 4.78 is 6.66. The molecule has 1 aromatic carbocycles. The number of aliphatic carboxylic acids is 1. The van der Waals surface area contributed by atoms with E-state index in [1.807, 2.05) is 0 Å². The molecule has 0 spiro atoms. The van der Waals surface area contributed by atoms with Crippen LogP contribution >= 0.6 is 11.6 Å². The molecule has 2 rings (SSSR count). The molecule has 0 radical (unpaired) electrons. The van der Waals surface area contributed by atoms with E-state index in [2.05, 4.69) is 5.10 Å². The number of ketones is 1. The molecule has 1 aromatic heterocycles. The number of hydrogen-bond donors (Lipinski definition) is 1. The molecule has 0 atom stereocenters. The van der Waals surface area contributed by atoms with E-state index < -0.39 is 5.97 Å². The van der Waals surface area contributed by atoms with Crippen LogP contribution in [0.3, 0.4) is 0 Å². The molecule has 6 nitrogen and oxygen atoms in total. The molecule has 0 aliphatic heterocycles. The van der Waals surface area contributed by atoms with Crippen molar-refractivity contribution in [2.24, 2.45) is 7.05 Å². The van der Waals surface area contributed by atoms with Gasteiger partial charge in [0, 0.05) is 18.2 Å². The van der Waals surface area contributed by atoms with Crippen LogP contribution in [-0.4, -0.2) is 33.7 Å². The number of aromatic nitrogens is 2. The SMILES string of the molecule is COc1ccc(C(=O)/C=C/c2c(Cl)cnn2C)cc1CC(=O)O. The molecule has 0 saturated carbocycles. The molecule has 0 bridgehead atoms. The van der Waals surface area contributed by atoms with Gasteiger partial charge in [-0.25, -0.2) is 0 Å². The summed E-state index contributed by atoms with van der Waals surface area (Å²) >= 11 is 5.97. The second kappa shape index (κ2) is 7.11. The Morgan fingerprint density at radius 2 is 2.17 bits per heavy atom. The molecule has 1 N–H and O–H groups in total. The zero-order chi connectivity index (χ0) is 17.0. The maximum absolute atomic E-state index is 12.3. The lowest BCUT2D eigenvalue weighted by molar-refractivity contribution is -0.136. The number of allylic oxidation sites excluding steroid dienone is 1. The molecule has 2 aromatic rings. The average Bonchev–Trinajstić information content (AvgIpc) is 2.83. The smallest absolute Gasteiger partial charge is 0.307 e. The number of rotatable bonds is 6. The standard InChI is InChI=1S/C16H15ClN2O4/c1-19-13(12(17)9-18-19)4-5-14(20)10-3-6-15(23-2)11(7-10)8-16(21)22/h3-7,9H,8H2,1-2H3,(H,21,22)/b5-4+. The van der Waals surface area contributed by atoms with E-state index >= 15 is 0 Å². The number of carbonyl (C=O) groups excluding carboxylic acids is 1. The van der Waals surface area contributed by atoms with E-state index in [0.29, 0.717) is 27.6 Å². The molecule has 0 fully saturated rings. The molecule has 120 valence electrons. The van der Waals surface area contributed by atoms with Gasteiger partial charge in [0.05, 0.1) is 30.4 Å². The monoisotopic (exact) mass is 334 g/mol. The van der Waals surface area contributed by atoms with Gasteiger partial charge in [0.15, 0.2) is 5.78 Å². The molecule has 0 aliphatic carbocycles. The number of hydrogen-bond acceptors (Lipinski definition) is 4. The fourth-order valence-electron chi connectivity index (χ4n) is 2.09. The Kier molecular flexibility index (Phi) is 5.18. The number of aryl methyl sites for hydroxylation is 1. The summed E-state index contributed by atoms with van der Waals surface area (Å²) in [4.78, 5) is 23.1. The number of halogens is 1. The highest BCUT2D eigenvalue weighted by Crippen LogP contribution is 2.22. The Balaban J connectivity index is 2.27. The number of benzene rings is 1. The van der Waals surface area contributed by atoms with Gasteiger partial charge in [0.25, 0.3) is 0 Å². The van der Waals surface area contributed by atoms with Gasteiger partial charge in [-0.05, 0) is 30.4 Å². The van der Waals surface area contributed by atoms with Crippen LogP contribution in [0.5, 0.6) is 5.75 Å². The predicted molar refractivity (Wildman–Crippen MR) is 85.9 cm³/mol. The summed E-state index contributed by atoms with van der Waals surface area (Å²) in [5.41, 5.74) is 1.42. The summed E-state index contributed by atoms with van der Waals surface area (Å²) in [6.07, 6.45) is 4.21. The molecule has 0 amide bonds. The van der Waals surface area contributed by atoms with E-state index in [-0.39, 0.29) is 12.2 Å². The number of carbonyl (C=O) groups is 2. The summed E-state index contributed by atoms with van der Waals surface area (Å²) in [6, 6.07) is 4.68. The normalized spacial score (nSPS) is 10.9. The molecular formula is C16H15ClN2O4. The predicted octanol–water partition coefficient (Wildman–Crippen LogP) is 2.61. The molecule has 7 heteroatoms. The first kappa shape index (κ1) is 16.8. The van der Waals surface area contributed by atoms with E-state index in [4.69, 9.17) is 21.4 Å². The number of ether oxygens (including phenoxy) is 1. The second-order valence-corrected chi connectivity index (χ2v) is 5.20. The molecule has 23 heavy (non-hydrogen) atoms. The number of carboxylic acids is 1. The lowest BCUT2D eigenvalue weighted by atomic mass is 10.0. The minimum absolute atomic E-state index is 0.221. The van der Waals surface area contributed by atoms with Crippen molar-refractivity contribution in [1.82, 2.24) is 9.78 Å². The van der Waals surface area contributed by atoms with Crippen molar-refractivity contribution in [2.45, 2.75) is 6.42 Å². The molecule has 0 unspecified atom stereocenters. The number of carboxylic acid groups (broad SMARTS) is 1. The summed E-state index contributed by atoms with van der Waals surface area (Å²) in [5.74, 6) is -0.829. The van der Waals surface area contributed by atoms with E-state index in [9.17, 15) is 9.59 Å². The number of methoxy groups -OCH3 is 1. The van der Waals surface area contributed by atoms with Crippen molar-refractivity contribution >= 4 is 29.4 Å². The van der Waals surface area contributed by atoms with Crippen molar-refractivity contribution in [3.8, 4) is 5.75 Å². The minimum atomic E-state index is -0.995. The molecule has 0 aliphatic rings. The third kappa shape index (κ3) is 3.98. The average molecular weight is 335 g/mol. The first-order valence-corrected chi connectivity index (χ1v) is 7.08. The Hall–Kier alpha value is -2.60. The van der Waals surface area contributed by atoms with Gasteiger partial charge in [-0.15, -0.1) is 0 Å². The largest absolute Gasteiger partial charge is 0.496 e. The number of nitrogens with zero attached hydrogens (tertiary/aromatic N) is 2. The van der Waals surface area contributed by atoms with Gasteiger partial charge in [0.2, 0.25) is 0 Å². The highest BCUT2D eigenvalue weighted by Gasteiger charge is 2.12. The van der Waals surface area contributed by atoms with Crippen LogP contribution < -0.4 is 4.74 Å². The lowest BCUT2D eigenvalue weighted by Gasteiger charge is -2.08. The van der Waals surface area contributed by atoms with Crippen molar-refractivity contribution in [1.29, 1.82) is 0 Å². The van der Waals surface area contributed by atoms with Crippen molar-refractivity contribution in [3.63, 3.8) is 0 Å². The topological polar surface area (TPSA) is 81.4 Å². The second-order valence-electron chi connectivity index (χ2n) is 4.80. The van der Waals surface area contributed by atoms with Gasteiger partial charge in [-0.2, -0.15) is 5.10 Å². The van der Waals surface area contributed by atoms with E-state index in [0.717, 1.165) is 0 Å². The zero-order valence-electron chi connectivity index (χ0n) is 12.6. The maximum atomic E-state index is 12.3. The highest BCUT2D eigenvalue weighted by molar-refractivity contribution is 6.31. The van der Waals surface area contributed by atoms with Crippen LogP contribution in [0.25, 0.3) is 6.08 Å². The van der Waals surface area contributed by atoms with Crippen LogP contribution in [0.2, 0.25) is 5.02 Å². The van der Waals surface area contributed by atoms with Crippen LogP contribution in [0, 0.1) is 0 Å². The van der Waals surface area contributed by atoms with Crippen molar-refractivity contribution in [3.05, 3.63) is 52.3 Å². The van der Waals surface area contributed by atoms with Crippen LogP contribution in [0.4, 0.5) is 0 Å². The van der Waals surface area contributed by atoms with Crippen LogP contribution in [-0.2, 0) is 18.3 Å². The fraction of sp³-hybridized carbons (Fsp3) is 0.188. The van der Waals surface area contributed by atoms with Crippen LogP contribution in [0.15, 0.2) is 30.5 Å². The van der Waals surface area contributed by atoms with Crippen LogP contribution in [0.1, 0.15) is 21.6 Å². The zero-order valence-corrected chi connectivity index (χ0v) is 13.4. The Morgan fingerprint density at radius 3 is 2.74 bits per heavy atom. The summed E-state index contributed by atoms with van der Waals surface area (Å²) in [7, 11) is 3.17. The summed E-state index contributed by atoms with van der Waals surface area (Å²) in [6.45, 7) is 0. The quantitative estimate of drug-likeness (QED) is 0.648. The fourth-order valence-corrected chi connectivity index (χ4v) is 2.32. The molecule has 1 heterocycles. The molecule has 0 saturated heterocycles. The van der Waals surface area contributed by atoms with Gasteiger partial charge in [-0.3, -0.25) is 14.3 Å². The maximum Gasteiger partial charge on any atom is 0.307 e. The van der Waals surface area contributed by atoms with E-state index in [1.165, 1.54) is 25.4 Å². The first-order chi connectivity index (χ1) is 10.9. The Morgan fingerprint density at radius 1 is 1.43 bits per heavy atom. The van der Waals surface area contributed by atoms with Gasteiger partial charge in [-0.1, -0.05) is 11.6 Å².